The van der Waals surface area contributed by atoms with E-state index in [2.05, 4.69) is 20.2 Å². The van der Waals surface area contributed by atoms with Gasteiger partial charge in [0.2, 0.25) is 5.82 Å². The van der Waals surface area contributed by atoms with Gasteiger partial charge in [-0.3, -0.25) is 4.79 Å². The van der Waals surface area contributed by atoms with Crippen molar-refractivity contribution in [1.82, 2.24) is 24.7 Å². The molecule has 4 aromatic rings. The molecule has 1 saturated heterocycles. The molecular weight excluding hydrogens is 348 g/mol. The Bertz CT molecular complexity index is 1060. The molecule has 4 aromatic heterocycles. The van der Waals surface area contributed by atoms with Crippen molar-refractivity contribution in [2.45, 2.75) is 0 Å². The highest BCUT2D eigenvalue weighted by atomic mass is 16.3. The van der Waals surface area contributed by atoms with Gasteiger partial charge in [-0.1, -0.05) is 0 Å². The van der Waals surface area contributed by atoms with Crippen LogP contribution in [-0.2, 0) is 0 Å². The first-order valence-corrected chi connectivity index (χ1v) is 8.64. The summed E-state index contributed by atoms with van der Waals surface area (Å²) >= 11 is 0. The summed E-state index contributed by atoms with van der Waals surface area (Å²) in [6, 6.07) is 10.8. The third-order valence-corrected chi connectivity index (χ3v) is 4.61. The summed E-state index contributed by atoms with van der Waals surface area (Å²) in [6.45, 7) is 2.57. The zero-order chi connectivity index (χ0) is 18.2. The highest BCUT2D eigenvalue weighted by Gasteiger charge is 2.25. The highest BCUT2D eigenvalue weighted by Crippen LogP contribution is 2.21. The molecule has 0 bridgehead atoms. The smallest absolute Gasteiger partial charge is 0.289 e. The van der Waals surface area contributed by atoms with Gasteiger partial charge in [0.1, 0.15) is 5.82 Å². The Morgan fingerprint density at radius 1 is 0.926 bits per heavy atom. The number of fused-ring (bicyclic) bond motifs is 1. The molecule has 0 aliphatic carbocycles. The fraction of sp³-hybridized carbons (Fsp3) is 0.222. The van der Waals surface area contributed by atoms with Crippen LogP contribution in [-0.4, -0.2) is 56.8 Å². The molecule has 1 aliphatic rings. The van der Waals surface area contributed by atoms with Crippen LogP contribution in [0.25, 0.3) is 17.2 Å². The molecule has 5 rings (SSSR count). The fourth-order valence-electron chi connectivity index (χ4n) is 3.20. The van der Waals surface area contributed by atoms with Crippen molar-refractivity contribution in [3.63, 3.8) is 0 Å². The molecule has 0 spiro atoms. The maximum Gasteiger partial charge on any atom is 0.289 e. The predicted octanol–water partition coefficient (Wildman–Crippen LogP) is 1.94. The van der Waals surface area contributed by atoms with E-state index in [9.17, 15) is 4.79 Å². The topological polar surface area (TPSA) is 92.9 Å². The van der Waals surface area contributed by atoms with Crippen molar-refractivity contribution in [2.24, 2.45) is 0 Å². The van der Waals surface area contributed by atoms with Crippen molar-refractivity contribution < 1.29 is 13.6 Å². The van der Waals surface area contributed by atoms with Crippen LogP contribution in [0, 0.1) is 0 Å². The van der Waals surface area contributed by atoms with Gasteiger partial charge in [-0.15, -0.1) is 15.3 Å². The normalized spacial score (nSPS) is 14.8. The average molecular weight is 364 g/mol. The molecule has 1 fully saturated rings. The first kappa shape index (κ1) is 15.6. The number of piperazine rings is 1. The van der Waals surface area contributed by atoms with E-state index in [1.807, 2.05) is 18.2 Å². The zero-order valence-corrected chi connectivity index (χ0v) is 14.4. The van der Waals surface area contributed by atoms with Gasteiger partial charge >= 0.3 is 0 Å². The van der Waals surface area contributed by atoms with E-state index < -0.39 is 0 Å². The molecule has 0 saturated carbocycles. The molecule has 0 unspecified atom stereocenters. The van der Waals surface area contributed by atoms with Gasteiger partial charge in [-0.2, -0.15) is 4.52 Å². The number of rotatable bonds is 3. The maximum absolute atomic E-state index is 12.4. The molecule has 9 heteroatoms. The average Bonchev–Trinajstić information content (AvgIpc) is 3.48. The number of hydrogen-bond donors (Lipinski definition) is 0. The van der Waals surface area contributed by atoms with E-state index in [1.54, 1.807) is 33.9 Å². The van der Waals surface area contributed by atoms with Gasteiger partial charge in [0.25, 0.3) is 5.91 Å². The molecule has 27 heavy (non-hydrogen) atoms. The van der Waals surface area contributed by atoms with Crippen LogP contribution < -0.4 is 4.90 Å². The lowest BCUT2D eigenvalue weighted by atomic mass is 10.3. The van der Waals surface area contributed by atoms with E-state index in [-0.39, 0.29) is 5.91 Å². The summed E-state index contributed by atoms with van der Waals surface area (Å²) in [4.78, 5) is 16.3. The van der Waals surface area contributed by atoms with Crippen LogP contribution in [0.5, 0.6) is 0 Å². The van der Waals surface area contributed by atoms with Crippen LogP contribution in [0.1, 0.15) is 10.6 Å². The first-order valence-electron chi connectivity index (χ1n) is 8.64. The number of anilines is 1. The van der Waals surface area contributed by atoms with Gasteiger partial charge in [0, 0.05) is 26.2 Å². The van der Waals surface area contributed by atoms with Crippen molar-refractivity contribution in [3.8, 4) is 11.6 Å². The molecule has 0 atom stereocenters. The minimum absolute atomic E-state index is 0.0815. The SMILES string of the molecule is O=C(c1ccco1)N1CCN(c2ccc3nnc(-c4ccco4)n3n2)CC1. The Hall–Kier alpha value is -3.62. The lowest BCUT2D eigenvalue weighted by Crippen LogP contribution is -2.49. The molecule has 5 heterocycles. The van der Waals surface area contributed by atoms with Gasteiger partial charge in [-0.05, 0) is 36.4 Å². The largest absolute Gasteiger partial charge is 0.461 e. The van der Waals surface area contributed by atoms with E-state index in [0.717, 1.165) is 5.82 Å². The van der Waals surface area contributed by atoms with E-state index in [4.69, 9.17) is 8.83 Å². The number of nitrogens with zero attached hydrogens (tertiary/aromatic N) is 6. The van der Waals surface area contributed by atoms with E-state index in [1.165, 1.54) is 6.26 Å². The van der Waals surface area contributed by atoms with Crippen molar-refractivity contribution in [1.29, 1.82) is 0 Å². The van der Waals surface area contributed by atoms with Gasteiger partial charge in [0.15, 0.2) is 17.2 Å². The van der Waals surface area contributed by atoms with Gasteiger partial charge in [0.05, 0.1) is 12.5 Å². The molecule has 1 aliphatic heterocycles. The lowest BCUT2D eigenvalue weighted by molar-refractivity contribution is 0.0714. The second-order valence-electron chi connectivity index (χ2n) is 6.22. The Balaban J connectivity index is 1.36. The number of carbonyl (C=O) groups excluding carboxylic acids is 1. The Morgan fingerprint density at radius 2 is 1.74 bits per heavy atom. The van der Waals surface area contributed by atoms with Gasteiger partial charge in [-0.25, -0.2) is 0 Å². The Morgan fingerprint density at radius 3 is 2.48 bits per heavy atom. The van der Waals surface area contributed by atoms with E-state index >= 15 is 0 Å². The van der Waals surface area contributed by atoms with Crippen LogP contribution in [0.2, 0.25) is 0 Å². The van der Waals surface area contributed by atoms with Crippen LogP contribution in [0.3, 0.4) is 0 Å². The molecule has 0 radical (unpaired) electrons. The molecule has 136 valence electrons. The Labute approximate surface area is 153 Å². The van der Waals surface area contributed by atoms with Crippen LogP contribution in [0.4, 0.5) is 5.82 Å². The summed E-state index contributed by atoms with van der Waals surface area (Å²) in [6.07, 6.45) is 3.11. The second kappa shape index (κ2) is 6.27. The maximum atomic E-state index is 12.4. The molecule has 1 amide bonds. The van der Waals surface area contributed by atoms with Gasteiger partial charge < -0.3 is 18.6 Å². The Kier molecular flexibility index (Phi) is 3.63. The summed E-state index contributed by atoms with van der Waals surface area (Å²) in [5.41, 5.74) is 0.650. The summed E-state index contributed by atoms with van der Waals surface area (Å²) in [5, 5.41) is 13.0. The standard InChI is InChI=1S/C18H16N6O3/c25-18(14-4-2-12-27-14)23-9-7-22(8-10-23)16-6-5-15-19-20-17(24(15)21-16)13-3-1-11-26-13/h1-6,11-12H,7-10H2. The zero-order valence-electron chi connectivity index (χ0n) is 14.4. The third-order valence-electron chi connectivity index (χ3n) is 4.61. The number of hydrogen-bond acceptors (Lipinski definition) is 7. The summed E-state index contributed by atoms with van der Waals surface area (Å²) in [5.74, 6) is 2.27. The second-order valence-corrected chi connectivity index (χ2v) is 6.22. The quantitative estimate of drug-likeness (QED) is 0.548. The number of amides is 1. The minimum atomic E-state index is -0.0815. The number of aromatic nitrogens is 4. The molecule has 0 N–H and O–H groups in total. The fourth-order valence-corrected chi connectivity index (χ4v) is 3.20. The van der Waals surface area contributed by atoms with Crippen molar-refractivity contribution >= 4 is 17.4 Å². The van der Waals surface area contributed by atoms with Crippen molar-refractivity contribution in [2.75, 3.05) is 31.1 Å². The minimum Gasteiger partial charge on any atom is -0.461 e. The van der Waals surface area contributed by atoms with Crippen LogP contribution in [0.15, 0.2) is 57.8 Å². The van der Waals surface area contributed by atoms with Crippen molar-refractivity contribution in [3.05, 3.63) is 54.7 Å². The summed E-state index contributed by atoms with van der Waals surface area (Å²) in [7, 11) is 0. The molecular formula is C18H16N6O3. The summed E-state index contributed by atoms with van der Waals surface area (Å²) < 4.78 is 12.3. The number of furan rings is 2. The molecule has 0 aromatic carbocycles. The van der Waals surface area contributed by atoms with Crippen LogP contribution >= 0.6 is 0 Å². The highest BCUT2D eigenvalue weighted by molar-refractivity contribution is 5.91. The first-order chi connectivity index (χ1) is 13.3. The monoisotopic (exact) mass is 364 g/mol. The number of carbonyl (C=O) groups is 1. The molecule has 9 nitrogen and oxygen atoms in total. The predicted molar refractivity (Wildman–Crippen MR) is 95.3 cm³/mol. The lowest BCUT2D eigenvalue weighted by Gasteiger charge is -2.34. The van der Waals surface area contributed by atoms with E-state index in [0.29, 0.717) is 49.2 Å². The third kappa shape index (κ3) is 2.73.